The van der Waals surface area contributed by atoms with Gasteiger partial charge in [-0.15, -0.1) is 0 Å². The van der Waals surface area contributed by atoms with Gasteiger partial charge in [-0.2, -0.15) is 5.26 Å². The zero-order chi connectivity index (χ0) is 10.0. The molecule has 13 heavy (non-hydrogen) atoms. The number of alkyl halides is 1. The Balaban J connectivity index is 3.25. The largest absolute Gasteiger partial charge is 0.207 e. The molecule has 1 nitrogen and oxygen atoms in total. The number of benzene rings is 1. The molecule has 5 heteroatoms. The lowest BCUT2D eigenvalue weighted by molar-refractivity contribution is 0.571. The van der Waals surface area contributed by atoms with Crippen molar-refractivity contribution in [1.29, 1.82) is 5.26 Å². The Hall–Kier alpha value is -0.470. The Morgan fingerprint density at radius 3 is 2.46 bits per heavy atom. The quantitative estimate of drug-likeness (QED) is 0.573. The summed E-state index contributed by atoms with van der Waals surface area (Å²) in [5.74, 6) is -1.41. The van der Waals surface area contributed by atoms with Crippen molar-refractivity contribution in [2.75, 3.05) is 0 Å². The first-order valence-electron chi connectivity index (χ1n) is 3.24. The molecule has 0 aliphatic rings. The van der Waals surface area contributed by atoms with Gasteiger partial charge in [0.15, 0.2) is 0 Å². The van der Waals surface area contributed by atoms with Crippen LogP contribution in [0.15, 0.2) is 16.6 Å². The minimum Gasteiger partial charge on any atom is -0.207 e. The van der Waals surface area contributed by atoms with Crippen LogP contribution in [-0.2, 0) is 0 Å². The summed E-state index contributed by atoms with van der Waals surface area (Å²) >= 11 is 5.86. The highest BCUT2D eigenvalue weighted by Gasteiger charge is 2.14. The van der Waals surface area contributed by atoms with E-state index in [-0.39, 0.29) is 10.0 Å². The lowest BCUT2D eigenvalue weighted by atomic mass is 10.1. The van der Waals surface area contributed by atoms with Crippen LogP contribution in [0, 0.1) is 23.0 Å². The minimum absolute atomic E-state index is 0.121. The zero-order valence-electron chi connectivity index (χ0n) is 6.19. The summed E-state index contributed by atoms with van der Waals surface area (Å²) in [5, 5.41) is 8.50. The maximum atomic E-state index is 13.0. The summed E-state index contributed by atoms with van der Waals surface area (Å²) in [4.78, 5) is -0.760. The molecule has 0 spiro atoms. The van der Waals surface area contributed by atoms with Crippen molar-refractivity contribution < 1.29 is 8.78 Å². The van der Waals surface area contributed by atoms with E-state index in [1.807, 2.05) is 0 Å². The topological polar surface area (TPSA) is 23.8 Å². The van der Waals surface area contributed by atoms with Crippen molar-refractivity contribution in [3.05, 3.63) is 33.8 Å². The molecule has 0 fully saturated rings. The van der Waals surface area contributed by atoms with Gasteiger partial charge in [0, 0.05) is 11.6 Å². The number of nitriles is 1. The van der Waals surface area contributed by atoms with Crippen LogP contribution in [0.4, 0.5) is 8.78 Å². The second-order valence-electron chi connectivity index (χ2n) is 2.28. The lowest BCUT2D eigenvalue weighted by Gasteiger charge is -2.04. The molecule has 1 atom stereocenters. The van der Waals surface area contributed by atoms with Crippen molar-refractivity contribution in [1.82, 2.24) is 0 Å². The first kappa shape index (κ1) is 10.6. The van der Waals surface area contributed by atoms with Gasteiger partial charge in [0.25, 0.3) is 0 Å². The van der Waals surface area contributed by atoms with E-state index in [0.29, 0.717) is 0 Å². The van der Waals surface area contributed by atoms with Gasteiger partial charge in [0.1, 0.15) is 16.5 Å². The van der Waals surface area contributed by atoms with Gasteiger partial charge < -0.3 is 0 Å². The van der Waals surface area contributed by atoms with Crippen LogP contribution < -0.4 is 0 Å². The third kappa shape index (κ3) is 2.26. The zero-order valence-corrected chi connectivity index (χ0v) is 9.36. The molecule has 0 saturated heterocycles. The Morgan fingerprint density at radius 1 is 1.31 bits per heavy atom. The van der Waals surface area contributed by atoms with E-state index in [1.54, 1.807) is 6.07 Å². The van der Waals surface area contributed by atoms with Crippen LogP contribution in [0.1, 0.15) is 10.4 Å². The third-order valence-corrected chi connectivity index (χ3v) is 2.73. The van der Waals surface area contributed by atoms with Crippen molar-refractivity contribution >= 4 is 31.9 Å². The van der Waals surface area contributed by atoms with Gasteiger partial charge in [-0.1, -0.05) is 15.9 Å². The standard InChI is InChI=1S/C8H3Br2F2N/c9-5-1-4(6(10)3-13)7(11)2-8(5)12/h1-2,6H. The van der Waals surface area contributed by atoms with Crippen LogP contribution in [0.25, 0.3) is 0 Å². The maximum Gasteiger partial charge on any atom is 0.140 e. The molecule has 0 radical (unpaired) electrons. The summed E-state index contributed by atoms with van der Waals surface area (Å²) in [5.41, 5.74) is 0.121. The summed E-state index contributed by atoms with van der Waals surface area (Å²) in [6.07, 6.45) is 0. The monoisotopic (exact) mass is 309 g/mol. The fourth-order valence-corrected chi connectivity index (χ4v) is 1.51. The number of rotatable bonds is 1. The van der Waals surface area contributed by atoms with E-state index >= 15 is 0 Å². The molecule has 1 aromatic rings. The summed E-state index contributed by atoms with van der Waals surface area (Å²) < 4.78 is 25.9. The fraction of sp³-hybridized carbons (Fsp3) is 0.125. The highest BCUT2D eigenvalue weighted by Crippen LogP contribution is 2.28. The average molecular weight is 311 g/mol. The van der Waals surface area contributed by atoms with Crippen LogP contribution in [0.3, 0.4) is 0 Å². The van der Waals surface area contributed by atoms with Crippen molar-refractivity contribution in [3.63, 3.8) is 0 Å². The number of halogens is 4. The van der Waals surface area contributed by atoms with E-state index in [4.69, 9.17) is 5.26 Å². The van der Waals surface area contributed by atoms with Gasteiger partial charge in [-0.25, -0.2) is 8.78 Å². The molecule has 0 heterocycles. The Bertz CT molecular complexity index is 373. The second kappa shape index (κ2) is 4.16. The predicted molar refractivity (Wildman–Crippen MR) is 51.3 cm³/mol. The summed E-state index contributed by atoms with van der Waals surface area (Å²) in [6, 6.07) is 3.79. The molecule has 0 aromatic heterocycles. The highest BCUT2D eigenvalue weighted by molar-refractivity contribution is 9.10. The second-order valence-corrected chi connectivity index (χ2v) is 4.05. The molecule has 0 N–H and O–H groups in total. The van der Waals surface area contributed by atoms with Gasteiger partial charge >= 0.3 is 0 Å². The molecule has 0 amide bonds. The number of hydrogen-bond donors (Lipinski definition) is 0. The molecule has 68 valence electrons. The van der Waals surface area contributed by atoms with Crippen molar-refractivity contribution in [2.45, 2.75) is 4.83 Å². The smallest absolute Gasteiger partial charge is 0.140 e. The van der Waals surface area contributed by atoms with E-state index in [1.165, 1.54) is 6.07 Å². The van der Waals surface area contributed by atoms with Gasteiger partial charge in [0.2, 0.25) is 0 Å². The summed E-state index contributed by atoms with van der Waals surface area (Å²) in [6.45, 7) is 0. The third-order valence-electron chi connectivity index (χ3n) is 1.43. The Labute approximate surface area is 90.6 Å². The van der Waals surface area contributed by atoms with E-state index < -0.39 is 16.5 Å². The van der Waals surface area contributed by atoms with Crippen molar-refractivity contribution in [3.8, 4) is 6.07 Å². The molecule has 0 saturated carbocycles. The van der Waals surface area contributed by atoms with Gasteiger partial charge in [-0.3, -0.25) is 0 Å². The normalized spacial score (nSPS) is 12.2. The molecule has 1 unspecified atom stereocenters. The van der Waals surface area contributed by atoms with E-state index in [0.717, 1.165) is 6.07 Å². The minimum atomic E-state index is -0.760. The highest BCUT2D eigenvalue weighted by atomic mass is 79.9. The van der Waals surface area contributed by atoms with E-state index in [2.05, 4.69) is 31.9 Å². The van der Waals surface area contributed by atoms with Crippen LogP contribution in [-0.4, -0.2) is 0 Å². The molecule has 0 bridgehead atoms. The lowest BCUT2D eigenvalue weighted by Crippen LogP contribution is -1.93. The van der Waals surface area contributed by atoms with Gasteiger partial charge in [-0.05, 0) is 22.0 Å². The number of hydrogen-bond acceptors (Lipinski definition) is 1. The number of nitrogens with zero attached hydrogens (tertiary/aromatic N) is 1. The van der Waals surface area contributed by atoms with Crippen LogP contribution in [0.2, 0.25) is 0 Å². The van der Waals surface area contributed by atoms with Gasteiger partial charge in [0.05, 0.1) is 10.5 Å². The van der Waals surface area contributed by atoms with E-state index in [9.17, 15) is 8.78 Å². The summed E-state index contributed by atoms with van der Waals surface area (Å²) in [7, 11) is 0. The molecule has 0 aliphatic carbocycles. The average Bonchev–Trinajstić information content (AvgIpc) is 2.10. The Morgan fingerprint density at radius 2 is 1.92 bits per heavy atom. The Kier molecular flexibility index (Phi) is 3.40. The SMILES string of the molecule is N#CC(Br)c1cc(Br)c(F)cc1F. The predicted octanol–water partition coefficient (Wildman–Crippen LogP) is 3.69. The van der Waals surface area contributed by atoms with Crippen molar-refractivity contribution in [2.24, 2.45) is 0 Å². The first-order chi connectivity index (χ1) is 6.06. The molecular weight excluding hydrogens is 308 g/mol. The first-order valence-corrected chi connectivity index (χ1v) is 4.95. The maximum absolute atomic E-state index is 13.0. The fourth-order valence-electron chi connectivity index (χ4n) is 0.802. The van der Waals surface area contributed by atoms with Crippen LogP contribution in [0.5, 0.6) is 0 Å². The molecule has 1 rings (SSSR count). The molecule has 1 aromatic carbocycles. The molecule has 0 aliphatic heterocycles. The molecular formula is C8H3Br2F2N. The van der Waals surface area contributed by atoms with Crippen LogP contribution >= 0.6 is 31.9 Å².